The van der Waals surface area contributed by atoms with E-state index in [0.29, 0.717) is 17.4 Å². The van der Waals surface area contributed by atoms with Crippen LogP contribution in [0.4, 0.5) is 10.1 Å². The quantitative estimate of drug-likeness (QED) is 0.744. The van der Waals surface area contributed by atoms with E-state index in [1.165, 1.54) is 6.07 Å². The molecule has 0 radical (unpaired) electrons. The second-order valence-electron chi connectivity index (χ2n) is 5.30. The van der Waals surface area contributed by atoms with Gasteiger partial charge in [0.15, 0.2) is 17.4 Å². The van der Waals surface area contributed by atoms with E-state index >= 15 is 0 Å². The van der Waals surface area contributed by atoms with E-state index in [1.807, 2.05) is 25.1 Å². The zero-order chi connectivity index (χ0) is 16.9. The predicted octanol–water partition coefficient (Wildman–Crippen LogP) is 3.66. The molecule has 6 nitrogen and oxygen atoms in total. The number of aromatic nitrogens is 3. The molecule has 0 spiro atoms. The molecule has 3 aromatic rings. The first-order chi connectivity index (χ1) is 11.6. The van der Waals surface area contributed by atoms with Gasteiger partial charge in [0.25, 0.3) is 0 Å². The SMILES string of the molecule is Cc1noc([C@H](C)Nc2ccc(OCc3ccccn3)c(F)c2)n1. The molecule has 1 N–H and O–H groups in total. The summed E-state index contributed by atoms with van der Waals surface area (Å²) in [6.07, 6.45) is 1.67. The van der Waals surface area contributed by atoms with E-state index in [1.54, 1.807) is 25.3 Å². The van der Waals surface area contributed by atoms with Gasteiger partial charge in [0.05, 0.1) is 5.69 Å². The Balaban J connectivity index is 1.64. The number of pyridine rings is 1. The van der Waals surface area contributed by atoms with E-state index in [-0.39, 0.29) is 18.4 Å². The van der Waals surface area contributed by atoms with Gasteiger partial charge in [0.1, 0.15) is 12.6 Å². The molecule has 0 fully saturated rings. The van der Waals surface area contributed by atoms with Crippen molar-refractivity contribution in [1.82, 2.24) is 15.1 Å². The fraction of sp³-hybridized carbons (Fsp3) is 0.235. The van der Waals surface area contributed by atoms with Gasteiger partial charge in [0, 0.05) is 18.0 Å². The van der Waals surface area contributed by atoms with Crippen molar-refractivity contribution in [2.75, 3.05) is 5.32 Å². The van der Waals surface area contributed by atoms with Crippen LogP contribution >= 0.6 is 0 Å². The summed E-state index contributed by atoms with van der Waals surface area (Å²) in [4.78, 5) is 8.28. The Morgan fingerprint density at radius 1 is 1.29 bits per heavy atom. The van der Waals surface area contributed by atoms with Crippen LogP contribution in [0.25, 0.3) is 0 Å². The van der Waals surface area contributed by atoms with E-state index < -0.39 is 5.82 Å². The number of nitrogens with one attached hydrogen (secondary N) is 1. The van der Waals surface area contributed by atoms with Crippen molar-refractivity contribution in [2.45, 2.75) is 26.5 Å². The van der Waals surface area contributed by atoms with Crippen molar-refractivity contribution in [1.29, 1.82) is 0 Å². The van der Waals surface area contributed by atoms with Gasteiger partial charge in [-0.3, -0.25) is 4.98 Å². The van der Waals surface area contributed by atoms with Gasteiger partial charge in [-0.15, -0.1) is 0 Å². The van der Waals surface area contributed by atoms with Gasteiger partial charge in [-0.2, -0.15) is 4.98 Å². The number of nitrogens with zero attached hydrogens (tertiary/aromatic N) is 3. The standard InChI is InChI=1S/C17H17FN4O2/c1-11(17-21-12(2)22-24-17)20-13-6-7-16(15(18)9-13)23-10-14-5-3-4-8-19-14/h3-9,11,20H,10H2,1-2H3/t11-/m0/s1. The normalized spacial score (nSPS) is 12.0. The van der Waals surface area contributed by atoms with Gasteiger partial charge in [-0.25, -0.2) is 4.39 Å². The Morgan fingerprint density at radius 3 is 2.83 bits per heavy atom. The van der Waals surface area contributed by atoms with Crippen LogP contribution in [-0.2, 0) is 6.61 Å². The molecule has 0 aliphatic carbocycles. The topological polar surface area (TPSA) is 73.1 Å². The number of ether oxygens (including phenoxy) is 1. The maximum atomic E-state index is 14.2. The molecule has 7 heteroatoms. The van der Waals surface area contributed by atoms with Crippen molar-refractivity contribution < 1.29 is 13.7 Å². The summed E-state index contributed by atoms with van der Waals surface area (Å²) in [5.74, 6) is 0.726. The van der Waals surface area contributed by atoms with E-state index in [4.69, 9.17) is 9.26 Å². The summed E-state index contributed by atoms with van der Waals surface area (Å²) in [5.41, 5.74) is 1.33. The number of aryl methyl sites for hydroxylation is 1. The zero-order valence-electron chi connectivity index (χ0n) is 13.4. The predicted molar refractivity (Wildman–Crippen MR) is 86.0 cm³/mol. The van der Waals surface area contributed by atoms with Gasteiger partial charge >= 0.3 is 0 Å². The molecule has 3 rings (SSSR count). The minimum Gasteiger partial charge on any atom is -0.484 e. The maximum absolute atomic E-state index is 14.2. The van der Waals surface area contributed by atoms with E-state index in [9.17, 15) is 4.39 Å². The third-order valence-corrected chi connectivity index (χ3v) is 3.33. The van der Waals surface area contributed by atoms with Gasteiger partial charge in [-0.05, 0) is 38.1 Å². The molecular formula is C17H17FN4O2. The van der Waals surface area contributed by atoms with Crippen molar-refractivity contribution in [2.24, 2.45) is 0 Å². The molecule has 124 valence electrons. The molecule has 24 heavy (non-hydrogen) atoms. The highest BCUT2D eigenvalue weighted by Gasteiger charge is 2.14. The van der Waals surface area contributed by atoms with E-state index in [0.717, 1.165) is 5.69 Å². The van der Waals surface area contributed by atoms with E-state index in [2.05, 4.69) is 20.4 Å². The van der Waals surface area contributed by atoms with Crippen LogP contribution in [-0.4, -0.2) is 15.1 Å². The second-order valence-corrected chi connectivity index (χ2v) is 5.30. The van der Waals surface area contributed by atoms with Crippen LogP contribution in [0.5, 0.6) is 5.75 Å². The van der Waals surface area contributed by atoms with Crippen LogP contribution < -0.4 is 10.1 Å². The van der Waals surface area contributed by atoms with Crippen molar-refractivity contribution >= 4 is 5.69 Å². The Hall–Kier alpha value is -2.96. The van der Waals surface area contributed by atoms with Crippen LogP contribution in [0.3, 0.4) is 0 Å². The van der Waals surface area contributed by atoms with Crippen LogP contribution in [0.15, 0.2) is 47.1 Å². The van der Waals surface area contributed by atoms with Crippen molar-refractivity contribution in [3.63, 3.8) is 0 Å². The average molecular weight is 328 g/mol. The Labute approximate surface area is 138 Å². The first-order valence-electron chi connectivity index (χ1n) is 7.51. The summed E-state index contributed by atoms with van der Waals surface area (Å²) < 4.78 is 24.7. The largest absolute Gasteiger partial charge is 0.484 e. The fourth-order valence-electron chi connectivity index (χ4n) is 2.14. The molecule has 0 unspecified atom stereocenters. The molecule has 0 aliphatic rings. The maximum Gasteiger partial charge on any atom is 0.248 e. The minimum absolute atomic E-state index is 0.174. The first kappa shape index (κ1) is 15.9. The molecule has 2 heterocycles. The lowest BCUT2D eigenvalue weighted by molar-refractivity contribution is 0.286. The Bertz CT molecular complexity index is 807. The number of rotatable bonds is 6. The van der Waals surface area contributed by atoms with Gasteiger partial charge in [0.2, 0.25) is 5.89 Å². The molecule has 2 aromatic heterocycles. The molecule has 0 saturated heterocycles. The lowest BCUT2D eigenvalue weighted by Crippen LogP contribution is -2.07. The van der Waals surface area contributed by atoms with Gasteiger partial charge in [-0.1, -0.05) is 11.2 Å². The molecular weight excluding hydrogens is 311 g/mol. The molecule has 0 bridgehead atoms. The first-order valence-corrected chi connectivity index (χ1v) is 7.51. The smallest absolute Gasteiger partial charge is 0.248 e. The highest BCUT2D eigenvalue weighted by atomic mass is 19.1. The molecule has 0 aliphatic heterocycles. The lowest BCUT2D eigenvalue weighted by Gasteiger charge is -2.13. The highest BCUT2D eigenvalue weighted by Crippen LogP contribution is 2.24. The second kappa shape index (κ2) is 7.08. The number of halogens is 1. The Kier molecular flexibility index (Phi) is 4.69. The van der Waals surface area contributed by atoms with Gasteiger partial charge < -0.3 is 14.6 Å². The average Bonchev–Trinajstić information content (AvgIpc) is 3.02. The summed E-state index contributed by atoms with van der Waals surface area (Å²) in [7, 11) is 0. The summed E-state index contributed by atoms with van der Waals surface area (Å²) in [6.45, 7) is 3.81. The fourth-order valence-corrected chi connectivity index (χ4v) is 2.14. The number of anilines is 1. The lowest BCUT2D eigenvalue weighted by atomic mass is 10.2. The number of hydrogen-bond donors (Lipinski definition) is 1. The number of hydrogen-bond acceptors (Lipinski definition) is 6. The van der Waals surface area contributed by atoms with Crippen molar-refractivity contribution in [3.8, 4) is 5.75 Å². The molecule has 0 saturated carbocycles. The summed E-state index contributed by atoms with van der Waals surface area (Å²) in [5, 5.41) is 6.85. The monoisotopic (exact) mass is 328 g/mol. The molecule has 0 amide bonds. The Morgan fingerprint density at radius 2 is 2.17 bits per heavy atom. The summed E-state index contributed by atoms with van der Waals surface area (Å²) >= 11 is 0. The number of benzene rings is 1. The summed E-state index contributed by atoms with van der Waals surface area (Å²) in [6, 6.07) is 9.94. The third kappa shape index (κ3) is 3.87. The molecule has 1 aromatic carbocycles. The highest BCUT2D eigenvalue weighted by molar-refractivity contribution is 5.48. The van der Waals surface area contributed by atoms with Crippen molar-refractivity contribution in [3.05, 3.63) is 65.8 Å². The van der Waals surface area contributed by atoms with Crippen LogP contribution in [0, 0.1) is 12.7 Å². The third-order valence-electron chi connectivity index (χ3n) is 3.33. The minimum atomic E-state index is -0.454. The van der Waals surface area contributed by atoms with Crippen LogP contribution in [0.1, 0.15) is 30.4 Å². The zero-order valence-corrected chi connectivity index (χ0v) is 13.4. The molecule has 1 atom stereocenters. The van der Waals surface area contributed by atoms with Crippen LogP contribution in [0.2, 0.25) is 0 Å².